The van der Waals surface area contributed by atoms with Gasteiger partial charge in [-0.3, -0.25) is 4.68 Å². The molecule has 23 heavy (non-hydrogen) atoms. The summed E-state index contributed by atoms with van der Waals surface area (Å²) in [4.78, 5) is 4.55. The van der Waals surface area contributed by atoms with Gasteiger partial charge < -0.3 is 10.6 Å². The van der Waals surface area contributed by atoms with Gasteiger partial charge in [-0.1, -0.05) is 29.3 Å². The fourth-order valence-corrected chi connectivity index (χ4v) is 2.50. The number of aromatic nitrogens is 2. The van der Waals surface area contributed by atoms with Crippen LogP contribution in [0.1, 0.15) is 18.1 Å². The molecule has 124 valence electrons. The predicted molar refractivity (Wildman–Crippen MR) is 96.2 cm³/mol. The molecular formula is C16H21Cl2N5. The molecule has 0 aliphatic carbocycles. The van der Waals surface area contributed by atoms with E-state index in [1.807, 2.05) is 43.1 Å². The first-order valence-electron chi connectivity index (χ1n) is 7.53. The number of nitrogens with one attached hydrogen (secondary N) is 2. The quantitative estimate of drug-likeness (QED) is 0.619. The smallest absolute Gasteiger partial charge is 0.191 e. The van der Waals surface area contributed by atoms with Gasteiger partial charge in [0.15, 0.2) is 5.96 Å². The Balaban J connectivity index is 1.91. The number of guanidine groups is 1. The van der Waals surface area contributed by atoms with E-state index in [0.29, 0.717) is 16.6 Å². The maximum absolute atomic E-state index is 6.17. The van der Waals surface area contributed by atoms with Crippen molar-refractivity contribution in [1.82, 2.24) is 20.4 Å². The van der Waals surface area contributed by atoms with E-state index < -0.39 is 0 Å². The Morgan fingerprint density at radius 2 is 2.13 bits per heavy atom. The number of hydrogen-bond acceptors (Lipinski definition) is 2. The van der Waals surface area contributed by atoms with E-state index >= 15 is 0 Å². The second-order valence-electron chi connectivity index (χ2n) is 5.14. The maximum atomic E-state index is 6.17. The van der Waals surface area contributed by atoms with Crippen LogP contribution in [0.3, 0.4) is 0 Å². The number of nitrogens with zero attached hydrogens (tertiary/aromatic N) is 3. The molecule has 2 N–H and O–H groups in total. The Morgan fingerprint density at radius 3 is 2.78 bits per heavy atom. The molecule has 0 aliphatic heterocycles. The topological polar surface area (TPSA) is 54.2 Å². The van der Waals surface area contributed by atoms with E-state index in [0.717, 1.165) is 36.7 Å². The van der Waals surface area contributed by atoms with Crippen LogP contribution in [-0.2, 0) is 13.1 Å². The molecule has 2 rings (SSSR count). The molecule has 1 heterocycles. The Morgan fingerprint density at radius 1 is 1.30 bits per heavy atom. The van der Waals surface area contributed by atoms with Crippen molar-refractivity contribution < 1.29 is 0 Å². The summed E-state index contributed by atoms with van der Waals surface area (Å²) in [5.41, 5.74) is 2.10. The van der Waals surface area contributed by atoms with E-state index in [4.69, 9.17) is 23.2 Å². The fraction of sp³-hybridized carbons (Fsp3) is 0.375. The molecule has 0 saturated carbocycles. The van der Waals surface area contributed by atoms with Gasteiger partial charge in [-0.15, -0.1) is 0 Å². The lowest BCUT2D eigenvalue weighted by atomic mass is 10.2. The molecule has 0 aliphatic rings. The molecule has 0 unspecified atom stereocenters. The minimum Gasteiger partial charge on any atom is -0.357 e. The average molecular weight is 354 g/mol. The van der Waals surface area contributed by atoms with Crippen LogP contribution in [-0.4, -0.2) is 28.8 Å². The van der Waals surface area contributed by atoms with Crippen LogP contribution < -0.4 is 10.6 Å². The van der Waals surface area contributed by atoms with E-state index in [1.54, 1.807) is 6.07 Å². The third-order valence-electron chi connectivity index (χ3n) is 3.16. The molecule has 1 aromatic heterocycles. The van der Waals surface area contributed by atoms with Crippen LogP contribution >= 0.6 is 23.2 Å². The van der Waals surface area contributed by atoms with Crippen molar-refractivity contribution >= 4 is 29.2 Å². The molecule has 5 nitrogen and oxygen atoms in total. The zero-order valence-corrected chi connectivity index (χ0v) is 14.8. The van der Waals surface area contributed by atoms with Gasteiger partial charge in [-0.25, -0.2) is 4.99 Å². The summed E-state index contributed by atoms with van der Waals surface area (Å²) in [6.45, 7) is 6.86. The third-order valence-corrected chi connectivity index (χ3v) is 3.75. The second-order valence-corrected chi connectivity index (χ2v) is 5.98. The Bertz CT molecular complexity index is 666. The number of halogens is 2. The van der Waals surface area contributed by atoms with Crippen LogP contribution in [0, 0.1) is 6.92 Å². The predicted octanol–water partition coefficient (Wildman–Crippen LogP) is 3.25. The van der Waals surface area contributed by atoms with Crippen molar-refractivity contribution in [2.24, 2.45) is 4.99 Å². The van der Waals surface area contributed by atoms with Crippen molar-refractivity contribution in [1.29, 1.82) is 0 Å². The number of aryl methyl sites for hydroxylation is 1. The molecule has 0 amide bonds. The number of aliphatic imine (C=N–C) groups is 1. The largest absolute Gasteiger partial charge is 0.357 e. The Hall–Kier alpha value is -1.72. The van der Waals surface area contributed by atoms with Gasteiger partial charge in [0, 0.05) is 29.3 Å². The highest BCUT2D eigenvalue weighted by molar-refractivity contribution is 6.35. The van der Waals surface area contributed by atoms with Crippen molar-refractivity contribution in [2.75, 3.05) is 13.1 Å². The monoisotopic (exact) mass is 353 g/mol. The van der Waals surface area contributed by atoms with Crippen LogP contribution in [0.25, 0.3) is 0 Å². The van der Waals surface area contributed by atoms with Gasteiger partial charge in [0.2, 0.25) is 0 Å². The highest BCUT2D eigenvalue weighted by Gasteiger charge is 2.02. The zero-order chi connectivity index (χ0) is 16.7. The first-order chi connectivity index (χ1) is 11.1. The fourth-order valence-electron chi connectivity index (χ4n) is 2.03. The minimum atomic E-state index is 0.492. The lowest BCUT2D eigenvalue weighted by Crippen LogP contribution is -2.38. The number of benzene rings is 1. The van der Waals surface area contributed by atoms with Gasteiger partial charge in [0.25, 0.3) is 0 Å². The summed E-state index contributed by atoms with van der Waals surface area (Å²) < 4.78 is 1.90. The van der Waals surface area contributed by atoms with Crippen LogP contribution in [0.4, 0.5) is 0 Å². The van der Waals surface area contributed by atoms with Gasteiger partial charge in [-0.2, -0.15) is 5.10 Å². The number of hydrogen-bond donors (Lipinski definition) is 2. The molecule has 2 aromatic rings. The highest BCUT2D eigenvalue weighted by Crippen LogP contribution is 2.21. The third kappa shape index (κ3) is 5.77. The Kier molecular flexibility index (Phi) is 6.74. The molecule has 0 atom stereocenters. The molecule has 7 heteroatoms. The lowest BCUT2D eigenvalue weighted by Gasteiger charge is -2.11. The molecule has 0 saturated heterocycles. The summed E-state index contributed by atoms with van der Waals surface area (Å²) in [6, 6.07) is 5.44. The standard InChI is InChI=1S/C16H21Cl2N5/c1-3-19-16(20-6-7-23-11-12(2)9-22-23)21-10-13-4-5-14(17)8-15(13)18/h4-5,8-9,11H,3,6-7,10H2,1-2H3,(H2,19,20,21). The lowest BCUT2D eigenvalue weighted by molar-refractivity contribution is 0.597. The maximum Gasteiger partial charge on any atom is 0.191 e. The van der Waals surface area contributed by atoms with Crippen molar-refractivity contribution in [3.8, 4) is 0 Å². The Labute approximate surface area is 146 Å². The molecule has 0 fully saturated rings. The van der Waals surface area contributed by atoms with E-state index in [-0.39, 0.29) is 0 Å². The average Bonchev–Trinajstić information content (AvgIpc) is 2.91. The van der Waals surface area contributed by atoms with Crippen molar-refractivity contribution in [3.63, 3.8) is 0 Å². The minimum absolute atomic E-state index is 0.492. The highest BCUT2D eigenvalue weighted by atomic mass is 35.5. The summed E-state index contributed by atoms with van der Waals surface area (Å²) in [5.74, 6) is 0.752. The van der Waals surface area contributed by atoms with Gasteiger partial charge >= 0.3 is 0 Å². The van der Waals surface area contributed by atoms with E-state index in [1.165, 1.54) is 0 Å². The second kappa shape index (κ2) is 8.79. The summed E-state index contributed by atoms with van der Waals surface area (Å²) in [7, 11) is 0. The van der Waals surface area contributed by atoms with Crippen LogP contribution in [0.2, 0.25) is 10.0 Å². The molecule has 0 bridgehead atoms. The van der Waals surface area contributed by atoms with Gasteiger partial charge in [0.1, 0.15) is 0 Å². The first-order valence-corrected chi connectivity index (χ1v) is 8.29. The van der Waals surface area contributed by atoms with Gasteiger partial charge in [-0.05, 0) is 37.1 Å². The summed E-state index contributed by atoms with van der Waals surface area (Å²) in [6.07, 6.45) is 3.86. The van der Waals surface area contributed by atoms with Gasteiger partial charge in [0.05, 0.1) is 19.3 Å². The first kappa shape index (κ1) is 17.6. The SMILES string of the molecule is CCNC(=NCc1ccc(Cl)cc1Cl)NCCn1cc(C)cn1. The van der Waals surface area contributed by atoms with E-state index in [9.17, 15) is 0 Å². The molecular weight excluding hydrogens is 333 g/mol. The summed E-state index contributed by atoms with van der Waals surface area (Å²) >= 11 is 12.1. The van der Waals surface area contributed by atoms with E-state index in [2.05, 4.69) is 20.7 Å². The number of rotatable bonds is 6. The molecule has 0 radical (unpaired) electrons. The normalized spacial score (nSPS) is 11.6. The van der Waals surface area contributed by atoms with Crippen LogP contribution in [0.5, 0.6) is 0 Å². The zero-order valence-electron chi connectivity index (χ0n) is 13.3. The molecule has 1 aromatic carbocycles. The van der Waals surface area contributed by atoms with Crippen LogP contribution in [0.15, 0.2) is 35.6 Å². The van der Waals surface area contributed by atoms with Crippen molar-refractivity contribution in [3.05, 3.63) is 51.8 Å². The summed E-state index contributed by atoms with van der Waals surface area (Å²) in [5, 5.41) is 12.0. The van der Waals surface area contributed by atoms with Crippen molar-refractivity contribution in [2.45, 2.75) is 26.9 Å². The molecule has 0 spiro atoms.